The van der Waals surface area contributed by atoms with E-state index >= 15 is 0 Å². The Morgan fingerprint density at radius 2 is 1.92 bits per heavy atom. The Bertz CT molecular complexity index is 991. The zero-order valence-electron chi connectivity index (χ0n) is 15.1. The van der Waals surface area contributed by atoms with Gasteiger partial charge in [0.05, 0.1) is 19.0 Å². The van der Waals surface area contributed by atoms with Crippen LogP contribution in [0.3, 0.4) is 0 Å². The summed E-state index contributed by atoms with van der Waals surface area (Å²) in [5, 5.41) is 7.56. The number of nitrogens with one attached hydrogen (secondary N) is 1. The first-order valence-corrected chi connectivity index (χ1v) is 8.67. The first-order chi connectivity index (χ1) is 12.6. The molecule has 1 aromatic heterocycles. The van der Waals surface area contributed by atoms with Gasteiger partial charge in [-0.15, -0.1) is 0 Å². The van der Waals surface area contributed by atoms with Crippen molar-refractivity contribution in [3.8, 4) is 11.4 Å². The summed E-state index contributed by atoms with van der Waals surface area (Å²) in [5.74, 6) is 1.44. The van der Waals surface area contributed by atoms with Crippen LogP contribution in [0.4, 0.5) is 5.82 Å². The van der Waals surface area contributed by atoms with Crippen LogP contribution in [0.1, 0.15) is 34.6 Å². The Balaban J connectivity index is 1.84. The van der Waals surface area contributed by atoms with Gasteiger partial charge in [-0.2, -0.15) is 5.10 Å². The number of fused-ring (bicyclic) bond motifs is 1. The van der Waals surface area contributed by atoms with E-state index in [0.29, 0.717) is 6.42 Å². The number of hydrogen-bond donors (Lipinski definition) is 1. The van der Waals surface area contributed by atoms with Crippen molar-refractivity contribution in [2.75, 3.05) is 12.4 Å². The average molecular weight is 347 g/mol. The number of rotatable bonds is 3. The van der Waals surface area contributed by atoms with Crippen molar-refractivity contribution in [2.45, 2.75) is 26.2 Å². The highest BCUT2D eigenvalue weighted by atomic mass is 16.5. The molecule has 0 fully saturated rings. The molecule has 1 aliphatic heterocycles. The average Bonchev–Trinajstić information content (AvgIpc) is 3.07. The van der Waals surface area contributed by atoms with Gasteiger partial charge in [0.2, 0.25) is 5.91 Å². The summed E-state index contributed by atoms with van der Waals surface area (Å²) in [6.45, 7) is 4.15. The first-order valence-electron chi connectivity index (χ1n) is 8.67. The Hall–Kier alpha value is -3.08. The van der Waals surface area contributed by atoms with E-state index in [0.717, 1.165) is 28.4 Å². The van der Waals surface area contributed by atoms with E-state index < -0.39 is 0 Å². The molecule has 1 amide bonds. The van der Waals surface area contributed by atoms with E-state index in [1.54, 1.807) is 11.8 Å². The van der Waals surface area contributed by atoms with Crippen molar-refractivity contribution in [3.63, 3.8) is 0 Å². The van der Waals surface area contributed by atoms with E-state index in [4.69, 9.17) is 4.74 Å². The van der Waals surface area contributed by atoms with Gasteiger partial charge in [-0.3, -0.25) is 4.79 Å². The second kappa shape index (κ2) is 6.33. The molecule has 0 saturated heterocycles. The number of aromatic nitrogens is 2. The van der Waals surface area contributed by atoms with Gasteiger partial charge >= 0.3 is 0 Å². The molecule has 1 atom stereocenters. The lowest BCUT2D eigenvalue weighted by Crippen LogP contribution is -2.24. The fourth-order valence-electron chi connectivity index (χ4n) is 3.50. The second-order valence-corrected chi connectivity index (χ2v) is 6.68. The van der Waals surface area contributed by atoms with Crippen LogP contribution >= 0.6 is 0 Å². The molecular weight excluding hydrogens is 326 g/mol. The Morgan fingerprint density at radius 3 is 2.69 bits per heavy atom. The van der Waals surface area contributed by atoms with E-state index in [1.165, 1.54) is 11.1 Å². The summed E-state index contributed by atoms with van der Waals surface area (Å²) in [4.78, 5) is 12.4. The summed E-state index contributed by atoms with van der Waals surface area (Å²) in [5.41, 5.74) is 5.37. The van der Waals surface area contributed by atoms with Crippen LogP contribution < -0.4 is 10.1 Å². The van der Waals surface area contributed by atoms with Gasteiger partial charge in [0.15, 0.2) is 0 Å². The zero-order valence-corrected chi connectivity index (χ0v) is 15.1. The van der Waals surface area contributed by atoms with Gasteiger partial charge in [-0.1, -0.05) is 24.3 Å². The Morgan fingerprint density at radius 1 is 1.12 bits per heavy atom. The third-order valence-electron chi connectivity index (χ3n) is 5.07. The molecule has 0 saturated carbocycles. The summed E-state index contributed by atoms with van der Waals surface area (Å²) in [7, 11) is 1.65. The van der Waals surface area contributed by atoms with Crippen LogP contribution in [0.25, 0.3) is 5.69 Å². The van der Waals surface area contributed by atoms with Crippen LogP contribution in [-0.2, 0) is 4.79 Å². The number of carbonyl (C=O) groups excluding carboxylic acids is 1. The molecule has 0 bridgehead atoms. The number of amides is 1. The molecule has 26 heavy (non-hydrogen) atoms. The first kappa shape index (κ1) is 16.4. The maximum atomic E-state index is 12.4. The number of nitrogens with zero attached hydrogens (tertiary/aromatic N) is 2. The predicted molar refractivity (Wildman–Crippen MR) is 101 cm³/mol. The highest BCUT2D eigenvalue weighted by Crippen LogP contribution is 2.41. The lowest BCUT2D eigenvalue weighted by molar-refractivity contribution is -0.116. The van der Waals surface area contributed by atoms with Gasteiger partial charge in [0.25, 0.3) is 0 Å². The monoisotopic (exact) mass is 347 g/mol. The molecule has 0 spiro atoms. The standard InChI is InChI=1S/C21H21N3O2/c1-13-8-9-15(10-14(13)2)24-21-18(12-22-24)17(11-20(25)23-21)16-6-4-5-7-19(16)26-3/h4-10,12,17H,11H2,1-3H3,(H,23,25). The normalized spacial score (nSPS) is 16.1. The fourth-order valence-corrected chi connectivity index (χ4v) is 3.50. The molecule has 3 aromatic rings. The molecule has 4 rings (SSSR count). The minimum absolute atomic E-state index is 0.0148. The van der Waals surface area contributed by atoms with Gasteiger partial charge in [-0.25, -0.2) is 4.68 Å². The van der Waals surface area contributed by atoms with Crippen LogP contribution in [-0.4, -0.2) is 22.8 Å². The van der Waals surface area contributed by atoms with E-state index in [-0.39, 0.29) is 11.8 Å². The van der Waals surface area contributed by atoms with Crippen LogP contribution in [0.5, 0.6) is 5.75 Å². The van der Waals surface area contributed by atoms with Crippen LogP contribution in [0.2, 0.25) is 0 Å². The van der Waals surface area contributed by atoms with Gasteiger partial charge in [0.1, 0.15) is 11.6 Å². The predicted octanol–water partition coefficient (Wildman–Crippen LogP) is 3.97. The van der Waals surface area contributed by atoms with Crippen LogP contribution in [0, 0.1) is 13.8 Å². The zero-order chi connectivity index (χ0) is 18.3. The second-order valence-electron chi connectivity index (χ2n) is 6.68. The molecular formula is C21H21N3O2. The van der Waals surface area contributed by atoms with Gasteiger partial charge in [-0.05, 0) is 43.2 Å². The number of aryl methyl sites for hydroxylation is 2. The third kappa shape index (κ3) is 2.65. The molecule has 5 heteroatoms. The highest BCUT2D eigenvalue weighted by Gasteiger charge is 2.31. The Labute approximate surface area is 152 Å². The number of carbonyl (C=O) groups is 1. The number of hydrogen-bond acceptors (Lipinski definition) is 3. The molecule has 2 heterocycles. The number of methoxy groups -OCH3 is 1. The number of anilines is 1. The van der Waals surface area contributed by atoms with Crippen molar-refractivity contribution in [2.24, 2.45) is 0 Å². The highest BCUT2D eigenvalue weighted by molar-refractivity contribution is 5.94. The van der Waals surface area contributed by atoms with Crippen molar-refractivity contribution in [1.29, 1.82) is 0 Å². The minimum Gasteiger partial charge on any atom is -0.496 e. The summed E-state index contributed by atoms with van der Waals surface area (Å²) in [6, 6.07) is 14.0. The lowest BCUT2D eigenvalue weighted by Gasteiger charge is -2.25. The van der Waals surface area contributed by atoms with Gasteiger partial charge in [0, 0.05) is 23.5 Å². The fraction of sp³-hybridized carbons (Fsp3) is 0.238. The maximum absolute atomic E-state index is 12.4. The molecule has 5 nitrogen and oxygen atoms in total. The Kier molecular flexibility index (Phi) is 3.99. The molecule has 0 aliphatic carbocycles. The third-order valence-corrected chi connectivity index (χ3v) is 5.07. The SMILES string of the molecule is COc1ccccc1C1CC(=O)Nc2c1cnn2-c1ccc(C)c(C)c1. The minimum atomic E-state index is -0.0739. The quantitative estimate of drug-likeness (QED) is 0.780. The molecule has 0 radical (unpaired) electrons. The number of para-hydroxylation sites is 1. The molecule has 1 aliphatic rings. The van der Waals surface area contributed by atoms with Crippen molar-refractivity contribution >= 4 is 11.7 Å². The van der Waals surface area contributed by atoms with E-state index in [2.05, 4.69) is 36.4 Å². The molecule has 1 unspecified atom stereocenters. The molecule has 1 N–H and O–H groups in total. The number of benzene rings is 2. The number of ether oxygens (including phenoxy) is 1. The van der Waals surface area contributed by atoms with Crippen molar-refractivity contribution < 1.29 is 9.53 Å². The van der Waals surface area contributed by atoms with Gasteiger partial charge < -0.3 is 10.1 Å². The van der Waals surface area contributed by atoms with E-state index in [1.807, 2.05) is 36.5 Å². The molecule has 132 valence electrons. The van der Waals surface area contributed by atoms with Crippen LogP contribution in [0.15, 0.2) is 48.7 Å². The molecule has 2 aromatic carbocycles. The largest absolute Gasteiger partial charge is 0.496 e. The van der Waals surface area contributed by atoms with Crippen molar-refractivity contribution in [1.82, 2.24) is 9.78 Å². The summed E-state index contributed by atoms with van der Waals surface area (Å²) < 4.78 is 7.32. The lowest BCUT2D eigenvalue weighted by atomic mass is 9.87. The summed E-state index contributed by atoms with van der Waals surface area (Å²) >= 11 is 0. The topological polar surface area (TPSA) is 56.1 Å². The maximum Gasteiger partial charge on any atom is 0.226 e. The smallest absolute Gasteiger partial charge is 0.226 e. The summed E-state index contributed by atoms with van der Waals surface area (Å²) in [6.07, 6.45) is 2.23. The van der Waals surface area contributed by atoms with E-state index in [9.17, 15) is 4.79 Å². The van der Waals surface area contributed by atoms with Crippen molar-refractivity contribution in [3.05, 3.63) is 70.9 Å².